The summed E-state index contributed by atoms with van der Waals surface area (Å²) in [5.41, 5.74) is 11.9. The molecule has 2 aliphatic rings. The normalized spacial score (nSPS) is 17.0. The molecule has 0 spiro atoms. The molecule has 1 unspecified atom stereocenters. The monoisotopic (exact) mass is 507 g/mol. The summed E-state index contributed by atoms with van der Waals surface area (Å²) in [6, 6.07) is 11.6. The second kappa shape index (κ2) is 7.09. The Labute approximate surface area is 165 Å². The van der Waals surface area contributed by atoms with Gasteiger partial charge in [-0.15, -0.1) is 0 Å². The van der Waals surface area contributed by atoms with E-state index in [1.807, 2.05) is 0 Å². The molecule has 0 heterocycles. The van der Waals surface area contributed by atoms with Crippen LogP contribution in [0.1, 0.15) is 37.9 Å². The van der Waals surface area contributed by atoms with E-state index < -0.39 is 0 Å². The Morgan fingerprint density at radius 1 is 1.00 bits per heavy atom. The van der Waals surface area contributed by atoms with Crippen LogP contribution in [0.4, 0.5) is 0 Å². The summed E-state index contributed by atoms with van der Waals surface area (Å²) in [4.78, 5) is 0. The van der Waals surface area contributed by atoms with Gasteiger partial charge in [0.2, 0.25) is 0 Å². The van der Waals surface area contributed by atoms with Gasteiger partial charge >= 0.3 is 141 Å². The Balaban J connectivity index is 0.000000960. The van der Waals surface area contributed by atoms with Crippen LogP contribution >= 0.6 is 0 Å². The van der Waals surface area contributed by atoms with Crippen LogP contribution in [0.5, 0.6) is 0 Å². The molecular formula is C20H17Cl2Hf. The number of benzene rings is 2. The first-order valence-corrected chi connectivity index (χ1v) is 9.56. The van der Waals surface area contributed by atoms with E-state index >= 15 is 0 Å². The van der Waals surface area contributed by atoms with Crippen LogP contribution < -0.4 is 24.8 Å². The molecule has 0 saturated carbocycles. The molecule has 0 radical (unpaired) electrons. The van der Waals surface area contributed by atoms with Gasteiger partial charge in [-0.2, -0.15) is 0 Å². The zero-order valence-electron chi connectivity index (χ0n) is 13.2. The molecule has 2 aromatic rings. The maximum Gasteiger partial charge on any atom is -1.00 e. The minimum absolute atomic E-state index is 0. The van der Waals surface area contributed by atoms with Crippen molar-refractivity contribution >= 4 is 5.57 Å². The maximum atomic E-state index is 2.40. The van der Waals surface area contributed by atoms with Crippen molar-refractivity contribution in [3.05, 3.63) is 76.4 Å². The van der Waals surface area contributed by atoms with Crippen molar-refractivity contribution in [2.24, 2.45) is 0 Å². The molecule has 0 aromatic heterocycles. The van der Waals surface area contributed by atoms with Gasteiger partial charge in [0, 0.05) is 0 Å². The van der Waals surface area contributed by atoms with Crippen molar-refractivity contribution in [1.29, 1.82) is 0 Å². The Morgan fingerprint density at radius 3 is 2.43 bits per heavy atom. The van der Waals surface area contributed by atoms with Gasteiger partial charge in [-0.25, -0.2) is 0 Å². The van der Waals surface area contributed by atoms with E-state index in [4.69, 9.17) is 0 Å². The van der Waals surface area contributed by atoms with Crippen LogP contribution in [0.15, 0.2) is 48.6 Å². The second-order valence-electron chi connectivity index (χ2n) is 6.07. The van der Waals surface area contributed by atoms with Gasteiger partial charge in [0.1, 0.15) is 0 Å². The number of allylic oxidation sites excluding steroid dienone is 4. The Bertz CT molecular complexity index is 819. The predicted molar refractivity (Wildman–Crippen MR) is 84.9 cm³/mol. The van der Waals surface area contributed by atoms with Crippen molar-refractivity contribution < 1.29 is 49.2 Å². The van der Waals surface area contributed by atoms with Crippen LogP contribution in [0, 0.1) is 13.8 Å². The molecule has 0 amide bonds. The third-order valence-corrected chi connectivity index (χ3v) is 6.80. The van der Waals surface area contributed by atoms with Crippen molar-refractivity contribution in [2.75, 3.05) is 0 Å². The zero-order chi connectivity index (χ0) is 14.6. The quantitative estimate of drug-likeness (QED) is 0.448. The number of fused-ring (bicyclic) bond motifs is 3. The molecule has 4 rings (SSSR count). The van der Waals surface area contributed by atoms with E-state index in [9.17, 15) is 0 Å². The van der Waals surface area contributed by atoms with E-state index in [2.05, 4.69) is 62.4 Å². The summed E-state index contributed by atoms with van der Waals surface area (Å²) < 4.78 is 0.631. The molecule has 0 aliphatic heterocycles. The Hall–Kier alpha value is -0.630. The summed E-state index contributed by atoms with van der Waals surface area (Å²) >= 11 is 1.17. The van der Waals surface area contributed by atoms with Crippen molar-refractivity contribution in [1.82, 2.24) is 0 Å². The fourth-order valence-corrected chi connectivity index (χ4v) is 5.58. The van der Waals surface area contributed by atoms with Crippen molar-refractivity contribution in [3.63, 3.8) is 0 Å². The maximum absolute atomic E-state index is 2.40. The summed E-state index contributed by atoms with van der Waals surface area (Å²) in [5.74, 6) is 0. The number of hydrogen-bond donors (Lipinski definition) is 0. The molecule has 23 heavy (non-hydrogen) atoms. The summed E-state index contributed by atoms with van der Waals surface area (Å²) in [5, 5.41) is 0. The third kappa shape index (κ3) is 2.92. The molecule has 0 saturated heterocycles. The van der Waals surface area contributed by atoms with E-state index in [0.29, 0.717) is 3.67 Å². The molecule has 0 bridgehead atoms. The Morgan fingerprint density at radius 2 is 1.74 bits per heavy atom. The topological polar surface area (TPSA) is 0 Å². The minimum Gasteiger partial charge on any atom is -1.00 e. The van der Waals surface area contributed by atoms with Gasteiger partial charge < -0.3 is 24.8 Å². The molecule has 0 fully saturated rings. The average molecular weight is 507 g/mol. The van der Waals surface area contributed by atoms with Crippen LogP contribution in [-0.2, 0) is 24.4 Å². The van der Waals surface area contributed by atoms with Crippen LogP contribution in [0.2, 0.25) is 0 Å². The summed E-state index contributed by atoms with van der Waals surface area (Å²) in [7, 11) is 0. The van der Waals surface area contributed by atoms with E-state index in [0.717, 1.165) is 6.42 Å². The molecule has 0 nitrogen and oxygen atoms in total. The van der Waals surface area contributed by atoms with E-state index in [1.165, 1.54) is 57.8 Å². The third-order valence-electron chi connectivity index (χ3n) is 4.64. The largest absolute Gasteiger partial charge is 1.00 e. The van der Waals surface area contributed by atoms with Crippen LogP contribution in [0.25, 0.3) is 16.7 Å². The van der Waals surface area contributed by atoms with Crippen LogP contribution in [0.3, 0.4) is 0 Å². The van der Waals surface area contributed by atoms with Gasteiger partial charge in [0.05, 0.1) is 0 Å². The molecule has 2 aliphatic carbocycles. The average Bonchev–Trinajstić information content (AvgIpc) is 3.08. The first kappa shape index (κ1) is 18.7. The predicted octanol–water partition coefficient (Wildman–Crippen LogP) is -0.729. The zero-order valence-corrected chi connectivity index (χ0v) is 18.3. The molecule has 0 N–H and O–H groups in total. The fraction of sp³-hybridized carbons (Fsp3) is 0.200. The number of aryl methyl sites for hydroxylation is 2. The van der Waals surface area contributed by atoms with Crippen molar-refractivity contribution in [3.8, 4) is 11.1 Å². The van der Waals surface area contributed by atoms with Gasteiger partial charge in [-0.05, 0) is 0 Å². The van der Waals surface area contributed by atoms with Crippen molar-refractivity contribution in [2.45, 2.75) is 23.9 Å². The molecule has 3 heteroatoms. The van der Waals surface area contributed by atoms with Gasteiger partial charge in [0.15, 0.2) is 0 Å². The summed E-state index contributed by atoms with van der Waals surface area (Å²) in [6.45, 7) is 4.46. The van der Waals surface area contributed by atoms with Gasteiger partial charge in [0.25, 0.3) is 0 Å². The second-order valence-corrected chi connectivity index (χ2v) is 8.14. The van der Waals surface area contributed by atoms with Gasteiger partial charge in [-0.1, -0.05) is 0 Å². The van der Waals surface area contributed by atoms with Gasteiger partial charge in [-0.3, -0.25) is 0 Å². The SMILES string of the molecule is Cc1ccc2c(c1)[CH]([Hf+2])c1c-2ccc(C)c1C1=CC=CC1.[Cl-].[Cl-]. The van der Waals surface area contributed by atoms with E-state index in [1.54, 1.807) is 11.1 Å². The first-order valence-electron chi connectivity index (χ1n) is 7.48. The number of rotatable bonds is 1. The number of halogens is 2. The van der Waals surface area contributed by atoms with E-state index in [-0.39, 0.29) is 24.8 Å². The number of hydrogen-bond acceptors (Lipinski definition) is 0. The molecule has 2 aromatic carbocycles. The summed E-state index contributed by atoms with van der Waals surface area (Å²) in [6.07, 6.45) is 7.84. The Kier molecular flexibility index (Phi) is 5.76. The smallest absolute Gasteiger partial charge is 1.00 e. The van der Waals surface area contributed by atoms with Crippen LogP contribution in [-0.4, -0.2) is 0 Å². The minimum atomic E-state index is 0. The molecular weight excluding hydrogens is 490 g/mol. The molecule has 115 valence electrons. The fourth-order valence-electron chi connectivity index (χ4n) is 3.64. The first-order chi connectivity index (χ1) is 10.2. The molecule has 1 atom stereocenters. The standard InChI is InChI=1S/C20H17.2ClH.Hf/c1-13-7-9-17-16(11-13)12-19-18(17)10-8-14(2)20(19)15-5-3-4-6-15;;;/h3-5,7-12H,6H2,1-2H3;2*1H;/q;;;+2/p-2.